The van der Waals surface area contributed by atoms with Crippen LogP contribution in [0.5, 0.6) is 0 Å². The summed E-state index contributed by atoms with van der Waals surface area (Å²) in [5.74, 6) is -0.620. The highest BCUT2D eigenvalue weighted by molar-refractivity contribution is 5.90. The molecule has 2 heterocycles. The molecule has 160 valence electrons. The number of benzene rings is 2. The Kier molecular flexibility index (Phi) is 5.70. The van der Waals surface area contributed by atoms with Gasteiger partial charge in [-0.2, -0.15) is 0 Å². The lowest BCUT2D eigenvalue weighted by Gasteiger charge is -2.15. The van der Waals surface area contributed by atoms with Crippen LogP contribution in [-0.2, 0) is 16.1 Å². The van der Waals surface area contributed by atoms with Crippen molar-refractivity contribution in [2.45, 2.75) is 26.5 Å². The number of imidazole rings is 1. The van der Waals surface area contributed by atoms with E-state index in [4.69, 9.17) is 4.74 Å². The fraction of sp³-hybridized carbons (Fsp3) is 0.261. The van der Waals surface area contributed by atoms with Gasteiger partial charge in [-0.25, -0.2) is 14.2 Å². The van der Waals surface area contributed by atoms with Crippen molar-refractivity contribution in [2.24, 2.45) is 0 Å². The first-order valence-corrected chi connectivity index (χ1v) is 9.99. The molecular formula is C23H23FN4O3. The summed E-state index contributed by atoms with van der Waals surface area (Å²) in [7, 11) is 0. The Bertz CT molecular complexity index is 1110. The Morgan fingerprint density at radius 2 is 2.03 bits per heavy atom. The summed E-state index contributed by atoms with van der Waals surface area (Å²) in [6.45, 7) is 4.57. The molecule has 1 N–H and O–H groups in total. The fourth-order valence-corrected chi connectivity index (χ4v) is 3.54. The van der Waals surface area contributed by atoms with Crippen LogP contribution in [0.25, 0.3) is 11.1 Å². The van der Waals surface area contributed by atoms with Crippen LogP contribution in [0.2, 0.25) is 0 Å². The maximum Gasteiger partial charge on any atom is 0.414 e. The van der Waals surface area contributed by atoms with Gasteiger partial charge in [0.25, 0.3) is 0 Å². The molecule has 1 aliphatic rings. The second-order valence-electron chi connectivity index (χ2n) is 7.58. The topological polar surface area (TPSA) is 76.5 Å². The first-order chi connectivity index (χ1) is 14.9. The van der Waals surface area contributed by atoms with Crippen molar-refractivity contribution in [1.82, 2.24) is 14.9 Å². The summed E-state index contributed by atoms with van der Waals surface area (Å²) in [4.78, 5) is 28.7. The summed E-state index contributed by atoms with van der Waals surface area (Å²) in [6.07, 6.45) is 2.57. The summed E-state index contributed by atoms with van der Waals surface area (Å²) in [5.41, 5.74) is 3.79. The van der Waals surface area contributed by atoms with Crippen molar-refractivity contribution >= 4 is 17.7 Å². The molecule has 0 bridgehead atoms. The van der Waals surface area contributed by atoms with Gasteiger partial charge in [0.05, 0.1) is 25.1 Å². The predicted molar refractivity (Wildman–Crippen MR) is 114 cm³/mol. The molecule has 1 fully saturated rings. The van der Waals surface area contributed by atoms with Gasteiger partial charge in [-0.1, -0.05) is 24.3 Å². The SMILES string of the molecule is CC(=O)NCC1CN(c2ccc(-c3ccc(Cn4cncc4C)cc3)c(F)c2)C(=O)O1. The number of cyclic esters (lactones) is 1. The van der Waals surface area contributed by atoms with Gasteiger partial charge in [0.1, 0.15) is 11.9 Å². The van der Waals surface area contributed by atoms with Gasteiger partial charge in [-0.15, -0.1) is 0 Å². The molecule has 1 atom stereocenters. The van der Waals surface area contributed by atoms with Gasteiger partial charge in [-0.05, 0) is 36.2 Å². The van der Waals surface area contributed by atoms with Crippen molar-refractivity contribution in [3.05, 3.63) is 72.1 Å². The monoisotopic (exact) mass is 422 g/mol. The molecule has 8 heteroatoms. The number of aryl methyl sites for hydroxylation is 1. The molecule has 7 nitrogen and oxygen atoms in total. The molecule has 1 saturated heterocycles. The Balaban J connectivity index is 1.47. The quantitative estimate of drug-likeness (QED) is 0.660. The van der Waals surface area contributed by atoms with Crippen LogP contribution in [0, 0.1) is 12.7 Å². The normalized spacial score (nSPS) is 15.8. The minimum Gasteiger partial charge on any atom is -0.442 e. The van der Waals surface area contributed by atoms with Gasteiger partial charge in [0.15, 0.2) is 0 Å². The zero-order valence-electron chi connectivity index (χ0n) is 17.3. The minimum absolute atomic E-state index is 0.198. The number of amides is 2. The van der Waals surface area contributed by atoms with E-state index in [1.165, 1.54) is 17.9 Å². The standard InChI is InChI=1S/C23H23FN4O3/c1-15-10-25-14-27(15)12-17-3-5-18(6-4-17)21-8-7-19(9-22(21)24)28-13-20(31-23(28)30)11-26-16(2)29/h3-10,14,20H,11-13H2,1-2H3,(H,26,29). The molecule has 31 heavy (non-hydrogen) atoms. The number of aromatic nitrogens is 2. The highest BCUT2D eigenvalue weighted by Crippen LogP contribution is 2.29. The summed E-state index contributed by atoms with van der Waals surface area (Å²) in [6, 6.07) is 12.4. The van der Waals surface area contributed by atoms with Crippen molar-refractivity contribution in [3.63, 3.8) is 0 Å². The Labute approximate surface area is 179 Å². The van der Waals surface area contributed by atoms with Gasteiger partial charge >= 0.3 is 6.09 Å². The molecule has 0 radical (unpaired) electrons. The number of hydrogen-bond acceptors (Lipinski definition) is 4. The minimum atomic E-state index is -0.554. The third-order valence-electron chi connectivity index (χ3n) is 5.26. The van der Waals surface area contributed by atoms with Crippen LogP contribution in [0.15, 0.2) is 55.0 Å². The number of rotatable bonds is 6. The van der Waals surface area contributed by atoms with E-state index in [1.807, 2.05) is 42.0 Å². The van der Waals surface area contributed by atoms with Crippen molar-refractivity contribution in [1.29, 1.82) is 0 Å². The van der Waals surface area contributed by atoms with Crippen LogP contribution >= 0.6 is 0 Å². The average molecular weight is 422 g/mol. The molecule has 1 aliphatic heterocycles. The maximum atomic E-state index is 14.9. The number of carbonyl (C=O) groups excluding carboxylic acids is 2. The molecule has 3 aromatic rings. The predicted octanol–water partition coefficient (Wildman–Crippen LogP) is 3.51. The van der Waals surface area contributed by atoms with Gasteiger partial charge in [-0.3, -0.25) is 9.69 Å². The number of halogens is 1. The molecule has 0 saturated carbocycles. The number of nitrogens with zero attached hydrogens (tertiary/aromatic N) is 3. The smallest absolute Gasteiger partial charge is 0.414 e. The van der Waals surface area contributed by atoms with Crippen LogP contribution in [0.4, 0.5) is 14.9 Å². The van der Waals surface area contributed by atoms with Crippen molar-refractivity contribution in [2.75, 3.05) is 18.0 Å². The second-order valence-corrected chi connectivity index (χ2v) is 7.58. The van der Waals surface area contributed by atoms with Crippen molar-refractivity contribution in [3.8, 4) is 11.1 Å². The molecule has 2 amide bonds. The number of hydrogen-bond donors (Lipinski definition) is 1. The fourth-order valence-electron chi connectivity index (χ4n) is 3.54. The molecule has 2 aromatic carbocycles. The van der Waals surface area contributed by atoms with Crippen LogP contribution in [0.1, 0.15) is 18.2 Å². The zero-order chi connectivity index (χ0) is 22.0. The van der Waals surface area contributed by atoms with E-state index >= 15 is 0 Å². The largest absolute Gasteiger partial charge is 0.442 e. The lowest BCUT2D eigenvalue weighted by molar-refractivity contribution is -0.119. The molecule has 1 unspecified atom stereocenters. The Morgan fingerprint density at radius 3 is 2.68 bits per heavy atom. The molecular weight excluding hydrogens is 399 g/mol. The zero-order valence-corrected chi connectivity index (χ0v) is 17.3. The molecule has 4 rings (SSSR count). The van der Waals surface area contributed by atoms with E-state index in [1.54, 1.807) is 18.5 Å². The Hall–Kier alpha value is -3.68. The second kappa shape index (κ2) is 8.59. The van der Waals surface area contributed by atoms with E-state index in [2.05, 4.69) is 10.3 Å². The first-order valence-electron chi connectivity index (χ1n) is 9.99. The maximum absolute atomic E-state index is 14.9. The van der Waals surface area contributed by atoms with Gasteiger partial charge in [0, 0.05) is 30.9 Å². The van der Waals surface area contributed by atoms with Gasteiger partial charge in [0.2, 0.25) is 5.91 Å². The van der Waals surface area contributed by atoms with E-state index in [0.29, 0.717) is 17.8 Å². The van der Waals surface area contributed by atoms with Crippen LogP contribution < -0.4 is 10.2 Å². The number of ether oxygens (including phenoxy) is 1. The lowest BCUT2D eigenvalue weighted by atomic mass is 10.0. The summed E-state index contributed by atoms with van der Waals surface area (Å²) in [5, 5.41) is 2.62. The highest BCUT2D eigenvalue weighted by atomic mass is 19.1. The lowest BCUT2D eigenvalue weighted by Crippen LogP contribution is -2.33. The number of carbonyl (C=O) groups is 2. The summed E-state index contributed by atoms with van der Waals surface area (Å²) >= 11 is 0. The van der Waals surface area contributed by atoms with Crippen LogP contribution in [0.3, 0.4) is 0 Å². The van der Waals surface area contributed by atoms with Crippen molar-refractivity contribution < 1.29 is 18.7 Å². The molecule has 1 aromatic heterocycles. The first kappa shape index (κ1) is 20.6. The van der Waals surface area contributed by atoms with E-state index in [-0.39, 0.29) is 19.0 Å². The highest BCUT2D eigenvalue weighted by Gasteiger charge is 2.32. The molecule has 0 aliphatic carbocycles. The average Bonchev–Trinajstić information content (AvgIpc) is 3.32. The van der Waals surface area contributed by atoms with E-state index in [9.17, 15) is 14.0 Å². The summed E-state index contributed by atoms with van der Waals surface area (Å²) < 4.78 is 22.2. The van der Waals surface area contributed by atoms with E-state index in [0.717, 1.165) is 16.8 Å². The third-order valence-corrected chi connectivity index (χ3v) is 5.26. The number of anilines is 1. The third kappa shape index (κ3) is 4.58. The van der Waals surface area contributed by atoms with E-state index < -0.39 is 18.0 Å². The van der Waals surface area contributed by atoms with Crippen LogP contribution in [-0.4, -0.2) is 40.7 Å². The number of nitrogens with one attached hydrogen (secondary N) is 1. The van der Waals surface area contributed by atoms with Gasteiger partial charge < -0.3 is 14.6 Å². The Morgan fingerprint density at radius 1 is 1.26 bits per heavy atom. The molecule has 0 spiro atoms.